The van der Waals surface area contributed by atoms with Gasteiger partial charge in [0.25, 0.3) is 0 Å². The third-order valence-corrected chi connectivity index (χ3v) is 5.45. The van der Waals surface area contributed by atoms with Crippen molar-refractivity contribution in [2.24, 2.45) is 0 Å². The average molecular weight is 370 g/mol. The van der Waals surface area contributed by atoms with Gasteiger partial charge in [-0.1, -0.05) is 0 Å². The number of nitrogens with zero attached hydrogens (tertiary/aromatic N) is 1. The van der Waals surface area contributed by atoms with E-state index >= 15 is 0 Å². The molecule has 0 heterocycles. The number of hydrogen-bond acceptors (Lipinski definition) is 5. The highest BCUT2D eigenvalue weighted by Gasteiger charge is 2.13. The van der Waals surface area contributed by atoms with Gasteiger partial charge in [0.05, 0.1) is 20.0 Å². The fourth-order valence-corrected chi connectivity index (χ4v) is 2.88. The molecule has 1 amide bonds. The zero-order valence-electron chi connectivity index (χ0n) is 15.1. The van der Waals surface area contributed by atoms with E-state index < -0.39 is 10.0 Å². The maximum atomic E-state index is 11.8. The smallest absolute Gasteiger partial charge is 0.243 e. The first-order valence-electron chi connectivity index (χ1n) is 7.95. The summed E-state index contributed by atoms with van der Waals surface area (Å²) in [5.41, 5.74) is 0.778. The Morgan fingerprint density at radius 1 is 1.20 bits per heavy atom. The van der Waals surface area contributed by atoms with Gasteiger partial charge in [-0.15, -0.1) is 0 Å². The molecule has 0 radical (unpaired) electrons. The van der Waals surface area contributed by atoms with Crippen LogP contribution in [-0.4, -0.2) is 58.7 Å². The van der Waals surface area contributed by atoms with Crippen LogP contribution in [0.15, 0.2) is 24.3 Å². The molecule has 7 nitrogen and oxygen atoms in total. The average Bonchev–Trinajstić information content (AvgIpc) is 2.62. The van der Waals surface area contributed by atoms with E-state index in [0.717, 1.165) is 5.56 Å². The van der Waals surface area contributed by atoms with Crippen molar-refractivity contribution in [2.75, 3.05) is 40.1 Å². The quantitative estimate of drug-likeness (QED) is 0.498. The minimum Gasteiger partial charge on any atom is -0.497 e. The Morgan fingerprint density at radius 2 is 1.80 bits per heavy atom. The molecular weight excluding hydrogens is 344 g/mol. The van der Waals surface area contributed by atoms with Crippen LogP contribution in [0.25, 0.3) is 6.08 Å². The number of hydrogen-bond donors (Lipinski definition) is 1. The van der Waals surface area contributed by atoms with Crippen LogP contribution in [0, 0.1) is 0 Å². The Labute approximate surface area is 149 Å². The highest BCUT2D eigenvalue weighted by Crippen LogP contribution is 2.23. The highest BCUT2D eigenvalue weighted by atomic mass is 32.2. The normalized spacial score (nSPS) is 11.7. The van der Waals surface area contributed by atoms with Crippen molar-refractivity contribution in [1.82, 2.24) is 9.62 Å². The molecular formula is C17H26N2O5S. The van der Waals surface area contributed by atoms with Gasteiger partial charge in [-0.3, -0.25) is 4.79 Å². The maximum Gasteiger partial charge on any atom is 0.243 e. The van der Waals surface area contributed by atoms with Crippen molar-refractivity contribution < 1.29 is 22.7 Å². The molecule has 1 rings (SSSR count). The Balaban J connectivity index is 2.48. The third kappa shape index (κ3) is 7.15. The predicted molar refractivity (Wildman–Crippen MR) is 98.3 cm³/mol. The minimum atomic E-state index is -3.18. The van der Waals surface area contributed by atoms with Crippen LogP contribution in [-0.2, 0) is 14.8 Å². The van der Waals surface area contributed by atoms with Gasteiger partial charge in [-0.2, -0.15) is 0 Å². The van der Waals surface area contributed by atoms with Crippen LogP contribution in [0.3, 0.4) is 0 Å². The van der Waals surface area contributed by atoms with Crippen LogP contribution < -0.4 is 14.8 Å². The number of benzene rings is 1. The van der Waals surface area contributed by atoms with Gasteiger partial charge in [-0.25, -0.2) is 12.7 Å². The van der Waals surface area contributed by atoms with Crippen LogP contribution in [0.1, 0.15) is 18.9 Å². The van der Waals surface area contributed by atoms with Crippen molar-refractivity contribution >= 4 is 22.0 Å². The van der Waals surface area contributed by atoms with Gasteiger partial charge in [0.15, 0.2) is 0 Å². The van der Waals surface area contributed by atoms with Gasteiger partial charge >= 0.3 is 0 Å². The largest absolute Gasteiger partial charge is 0.497 e. The molecule has 0 aliphatic rings. The molecule has 0 saturated heterocycles. The van der Waals surface area contributed by atoms with Crippen molar-refractivity contribution in [1.29, 1.82) is 0 Å². The summed E-state index contributed by atoms with van der Waals surface area (Å²) in [5, 5.41) is 2.73. The Kier molecular flexibility index (Phi) is 8.44. The molecule has 8 heteroatoms. The summed E-state index contributed by atoms with van der Waals surface area (Å²) >= 11 is 0. The van der Waals surface area contributed by atoms with Crippen molar-refractivity contribution in [2.45, 2.75) is 13.3 Å². The zero-order chi connectivity index (χ0) is 18.9. The summed E-state index contributed by atoms with van der Waals surface area (Å²) in [6, 6.07) is 5.33. The van der Waals surface area contributed by atoms with Gasteiger partial charge in [0.2, 0.25) is 15.9 Å². The van der Waals surface area contributed by atoms with Gasteiger partial charge in [-0.05, 0) is 37.1 Å². The van der Waals surface area contributed by atoms with E-state index in [-0.39, 0.29) is 11.7 Å². The predicted octanol–water partition coefficient (Wildman–Crippen LogP) is 1.50. The Morgan fingerprint density at radius 3 is 2.32 bits per heavy atom. The van der Waals surface area contributed by atoms with Crippen molar-refractivity contribution in [3.63, 3.8) is 0 Å². The summed E-state index contributed by atoms with van der Waals surface area (Å²) in [6.45, 7) is 2.37. The molecule has 1 aromatic rings. The van der Waals surface area contributed by atoms with Crippen LogP contribution in [0.5, 0.6) is 11.5 Å². The Hall–Kier alpha value is -2.06. The summed E-state index contributed by atoms with van der Waals surface area (Å²) in [5.74, 6) is 1.10. The van der Waals surface area contributed by atoms with E-state index in [1.165, 1.54) is 17.4 Å². The first-order chi connectivity index (χ1) is 11.8. The van der Waals surface area contributed by atoms with Gasteiger partial charge in [0, 0.05) is 32.3 Å². The number of carbonyl (C=O) groups is 1. The lowest BCUT2D eigenvalue weighted by molar-refractivity contribution is -0.116. The number of methoxy groups -OCH3 is 2. The molecule has 0 saturated carbocycles. The molecule has 0 bridgehead atoms. The summed E-state index contributed by atoms with van der Waals surface area (Å²) in [7, 11) is 1.48. The van der Waals surface area contributed by atoms with Crippen LogP contribution in [0.4, 0.5) is 0 Å². The lowest BCUT2D eigenvalue weighted by Gasteiger charge is -2.15. The molecule has 0 fully saturated rings. The minimum absolute atomic E-state index is 0.0720. The molecule has 140 valence electrons. The van der Waals surface area contributed by atoms with E-state index in [2.05, 4.69) is 5.32 Å². The van der Waals surface area contributed by atoms with Gasteiger partial charge in [0.1, 0.15) is 11.5 Å². The molecule has 0 aliphatic carbocycles. The van der Waals surface area contributed by atoms with E-state index in [1.54, 1.807) is 45.4 Å². The lowest BCUT2D eigenvalue weighted by Crippen LogP contribution is -2.32. The van der Waals surface area contributed by atoms with E-state index in [4.69, 9.17) is 9.47 Å². The fourth-order valence-electron chi connectivity index (χ4n) is 2.03. The highest BCUT2D eigenvalue weighted by molar-refractivity contribution is 7.89. The summed E-state index contributed by atoms with van der Waals surface area (Å²) < 4.78 is 34.8. The van der Waals surface area contributed by atoms with Crippen LogP contribution in [0.2, 0.25) is 0 Å². The zero-order valence-corrected chi connectivity index (χ0v) is 15.9. The van der Waals surface area contributed by atoms with Crippen molar-refractivity contribution in [3.05, 3.63) is 29.8 Å². The van der Waals surface area contributed by atoms with E-state index in [1.807, 2.05) is 0 Å². The molecule has 0 atom stereocenters. The number of nitrogens with one attached hydrogen (secondary N) is 1. The number of rotatable bonds is 10. The molecule has 0 spiro atoms. The molecule has 25 heavy (non-hydrogen) atoms. The summed E-state index contributed by atoms with van der Waals surface area (Å²) in [6.07, 6.45) is 3.62. The fraction of sp³-hybridized carbons (Fsp3) is 0.471. The molecule has 0 aliphatic heterocycles. The number of sulfonamides is 1. The number of amides is 1. The van der Waals surface area contributed by atoms with Crippen LogP contribution >= 0.6 is 0 Å². The van der Waals surface area contributed by atoms with E-state index in [9.17, 15) is 13.2 Å². The number of carbonyl (C=O) groups excluding carboxylic acids is 1. The lowest BCUT2D eigenvalue weighted by atomic mass is 10.2. The molecule has 1 N–H and O–H groups in total. The maximum absolute atomic E-state index is 11.8. The molecule has 0 aromatic heterocycles. The monoisotopic (exact) mass is 370 g/mol. The standard InChI is InChI=1S/C17H26N2O5S/c1-5-25(21,22)19(2)10-6-9-18-17(20)8-7-14-11-15(23-3)13-16(12-14)24-4/h7-8,11-13H,5-6,9-10H2,1-4H3,(H,18,20). The van der Waals surface area contributed by atoms with E-state index in [0.29, 0.717) is 31.0 Å². The molecule has 0 unspecified atom stereocenters. The summed E-state index contributed by atoms with van der Waals surface area (Å²) in [4.78, 5) is 11.8. The van der Waals surface area contributed by atoms with Gasteiger partial charge < -0.3 is 14.8 Å². The van der Waals surface area contributed by atoms with Crippen molar-refractivity contribution in [3.8, 4) is 11.5 Å². The number of ether oxygens (including phenoxy) is 2. The second kappa shape index (κ2) is 10.0. The third-order valence-electron chi connectivity index (χ3n) is 3.59. The second-order valence-corrected chi connectivity index (χ2v) is 7.71. The topological polar surface area (TPSA) is 84.9 Å². The first kappa shape index (κ1) is 21.0. The SMILES string of the molecule is CCS(=O)(=O)N(C)CCCNC(=O)C=Cc1cc(OC)cc(OC)c1. The first-order valence-corrected chi connectivity index (χ1v) is 9.56. The molecule has 1 aromatic carbocycles. The second-order valence-electron chi connectivity index (χ2n) is 5.35. The Bertz CT molecular complexity index is 679.